The number of thiazole rings is 1. The van der Waals surface area contributed by atoms with Crippen molar-refractivity contribution in [2.75, 3.05) is 6.61 Å². The number of ether oxygens (including phenoxy) is 1. The van der Waals surface area contributed by atoms with Crippen LogP contribution in [0.1, 0.15) is 14.7 Å². The zero-order chi connectivity index (χ0) is 13.0. The Labute approximate surface area is 113 Å². The van der Waals surface area contributed by atoms with Gasteiger partial charge in [-0.25, -0.2) is 9.78 Å². The average Bonchev–Trinajstić information content (AvgIpc) is 2.81. The van der Waals surface area contributed by atoms with Crippen LogP contribution in [0.25, 0.3) is 0 Å². The van der Waals surface area contributed by atoms with Crippen LogP contribution in [0, 0.1) is 0 Å². The van der Waals surface area contributed by atoms with Crippen molar-refractivity contribution >= 4 is 28.9 Å². The highest BCUT2D eigenvalue weighted by Crippen LogP contribution is 2.17. The molecule has 0 fully saturated rings. The van der Waals surface area contributed by atoms with E-state index in [4.69, 9.17) is 21.4 Å². The van der Waals surface area contributed by atoms with Crippen molar-refractivity contribution in [2.24, 2.45) is 0 Å². The fourth-order valence-corrected chi connectivity index (χ4v) is 2.18. The van der Waals surface area contributed by atoms with Crippen LogP contribution >= 0.6 is 22.9 Å². The van der Waals surface area contributed by atoms with Gasteiger partial charge in [0.1, 0.15) is 10.6 Å². The standard InChI is InChI=1S/C12H10ClNO3S/c13-8-1-3-9(4-2-8)17-6-5-11-14-7-10(18-11)12(15)16/h1-4,7H,5-6H2,(H,15,16). The number of benzene rings is 1. The third-order valence-corrected chi connectivity index (χ3v) is 3.46. The van der Waals surface area contributed by atoms with Crippen molar-refractivity contribution in [3.63, 3.8) is 0 Å². The van der Waals surface area contributed by atoms with E-state index >= 15 is 0 Å². The van der Waals surface area contributed by atoms with Crippen molar-refractivity contribution < 1.29 is 14.6 Å². The van der Waals surface area contributed by atoms with Gasteiger partial charge in [-0.3, -0.25) is 0 Å². The lowest BCUT2D eigenvalue weighted by Gasteiger charge is -2.04. The smallest absolute Gasteiger partial charge is 0.347 e. The minimum atomic E-state index is -0.947. The molecule has 0 saturated heterocycles. The second-order valence-corrected chi connectivity index (χ2v) is 5.03. The van der Waals surface area contributed by atoms with Gasteiger partial charge < -0.3 is 9.84 Å². The molecule has 2 rings (SSSR count). The van der Waals surface area contributed by atoms with Crippen LogP contribution in [-0.4, -0.2) is 22.7 Å². The Bertz CT molecular complexity index is 539. The summed E-state index contributed by atoms with van der Waals surface area (Å²) in [7, 11) is 0. The van der Waals surface area contributed by atoms with E-state index in [1.54, 1.807) is 24.3 Å². The van der Waals surface area contributed by atoms with Crippen LogP contribution in [0.2, 0.25) is 5.02 Å². The van der Waals surface area contributed by atoms with Gasteiger partial charge in [0.05, 0.1) is 17.8 Å². The predicted octanol–water partition coefficient (Wildman–Crippen LogP) is 3.12. The fraction of sp³-hybridized carbons (Fsp3) is 0.167. The van der Waals surface area contributed by atoms with E-state index in [1.807, 2.05) is 0 Å². The molecular weight excluding hydrogens is 274 g/mol. The first-order chi connectivity index (χ1) is 8.65. The topological polar surface area (TPSA) is 59.4 Å². The van der Waals surface area contributed by atoms with Crippen molar-refractivity contribution in [3.05, 3.63) is 45.4 Å². The van der Waals surface area contributed by atoms with E-state index in [2.05, 4.69) is 4.98 Å². The Balaban J connectivity index is 1.84. The molecule has 6 heteroatoms. The van der Waals surface area contributed by atoms with Gasteiger partial charge in [0, 0.05) is 11.4 Å². The number of halogens is 1. The number of carboxylic acid groups (broad SMARTS) is 1. The Morgan fingerprint density at radius 3 is 2.72 bits per heavy atom. The molecule has 0 aliphatic rings. The van der Waals surface area contributed by atoms with E-state index in [1.165, 1.54) is 17.5 Å². The van der Waals surface area contributed by atoms with Crippen LogP contribution in [0.4, 0.5) is 0 Å². The molecule has 0 bridgehead atoms. The molecule has 1 aromatic carbocycles. The Kier molecular flexibility index (Phi) is 4.17. The maximum atomic E-state index is 10.7. The van der Waals surface area contributed by atoms with Gasteiger partial charge in [-0.05, 0) is 24.3 Å². The van der Waals surface area contributed by atoms with Crippen LogP contribution in [-0.2, 0) is 6.42 Å². The number of rotatable bonds is 5. The first kappa shape index (κ1) is 12.9. The van der Waals surface area contributed by atoms with Gasteiger partial charge in [0.2, 0.25) is 0 Å². The van der Waals surface area contributed by atoms with Crippen LogP contribution in [0.3, 0.4) is 0 Å². The fourth-order valence-electron chi connectivity index (χ4n) is 1.31. The molecule has 0 amide bonds. The number of hydrogen-bond donors (Lipinski definition) is 1. The van der Waals surface area contributed by atoms with Gasteiger partial charge in [-0.1, -0.05) is 11.6 Å². The number of hydrogen-bond acceptors (Lipinski definition) is 4. The quantitative estimate of drug-likeness (QED) is 0.916. The summed E-state index contributed by atoms with van der Waals surface area (Å²) in [6, 6.07) is 7.07. The van der Waals surface area contributed by atoms with E-state index in [0.29, 0.717) is 18.1 Å². The van der Waals surface area contributed by atoms with Crippen LogP contribution in [0.15, 0.2) is 30.5 Å². The van der Waals surface area contributed by atoms with E-state index in [0.717, 1.165) is 10.8 Å². The lowest BCUT2D eigenvalue weighted by Crippen LogP contribution is -2.00. The Morgan fingerprint density at radius 1 is 1.39 bits per heavy atom. The van der Waals surface area contributed by atoms with Gasteiger partial charge in [-0.2, -0.15) is 0 Å². The summed E-state index contributed by atoms with van der Waals surface area (Å²) in [6.45, 7) is 0.453. The molecule has 0 atom stereocenters. The summed E-state index contributed by atoms with van der Waals surface area (Å²) >= 11 is 6.92. The van der Waals surface area contributed by atoms with E-state index < -0.39 is 5.97 Å². The van der Waals surface area contributed by atoms with Gasteiger partial charge >= 0.3 is 5.97 Å². The lowest BCUT2D eigenvalue weighted by molar-refractivity contribution is 0.0702. The number of aromatic carboxylic acids is 1. The van der Waals surface area contributed by atoms with Gasteiger partial charge in [0.25, 0.3) is 0 Å². The molecule has 2 aromatic rings. The van der Waals surface area contributed by atoms with Gasteiger partial charge in [-0.15, -0.1) is 11.3 Å². The molecule has 94 valence electrons. The third kappa shape index (κ3) is 3.45. The molecule has 4 nitrogen and oxygen atoms in total. The number of carboxylic acids is 1. The summed E-state index contributed by atoms with van der Waals surface area (Å²) < 4.78 is 5.50. The van der Waals surface area contributed by atoms with Crippen molar-refractivity contribution in [1.29, 1.82) is 0 Å². The van der Waals surface area contributed by atoms with Crippen molar-refractivity contribution in [2.45, 2.75) is 6.42 Å². The molecule has 0 spiro atoms. The monoisotopic (exact) mass is 283 g/mol. The van der Waals surface area contributed by atoms with E-state index in [9.17, 15) is 4.79 Å². The number of aromatic nitrogens is 1. The highest BCUT2D eigenvalue weighted by atomic mass is 35.5. The SMILES string of the molecule is O=C(O)c1cnc(CCOc2ccc(Cl)cc2)s1. The molecule has 0 aliphatic carbocycles. The second-order valence-electron chi connectivity index (χ2n) is 3.48. The minimum absolute atomic E-state index is 0.247. The predicted molar refractivity (Wildman–Crippen MR) is 69.7 cm³/mol. The Hall–Kier alpha value is -1.59. The first-order valence-electron chi connectivity index (χ1n) is 5.21. The highest BCUT2D eigenvalue weighted by molar-refractivity contribution is 7.13. The highest BCUT2D eigenvalue weighted by Gasteiger charge is 2.08. The third-order valence-electron chi connectivity index (χ3n) is 2.16. The van der Waals surface area contributed by atoms with Gasteiger partial charge in [0.15, 0.2) is 0 Å². The Morgan fingerprint density at radius 2 is 2.11 bits per heavy atom. The summed E-state index contributed by atoms with van der Waals surface area (Å²) in [6.07, 6.45) is 1.95. The first-order valence-corrected chi connectivity index (χ1v) is 6.41. The number of carbonyl (C=O) groups is 1. The molecule has 1 aromatic heterocycles. The normalized spacial score (nSPS) is 10.3. The van der Waals surface area contributed by atoms with Crippen LogP contribution < -0.4 is 4.74 Å². The molecule has 0 radical (unpaired) electrons. The summed E-state index contributed by atoms with van der Waals surface area (Å²) in [4.78, 5) is 14.9. The maximum Gasteiger partial charge on any atom is 0.347 e. The molecule has 0 aliphatic heterocycles. The second kappa shape index (κ2) is 5.84. The zero-order valence-electron chi connectivity index (χ0n) is 9.30. The molecule has 0 saturated carbocycles. The largest absolute Gasteiger partial charge is 0.493 e. The molecule has 1 heterocycles. The van der Waals surface area contributed by atoms with Crippen molar-refractivity contribution in [1.82, 2.24) is 4.98 Å². The average molecular weight is 284 g/mol. The lowest BCUT2D eigenvalue weighted by atomic mass is 10.3. The van der Waals surface area contributed by atoms with Crippen molar-refractivity contribution in [3.8, 4) is 5.75 Å². The molecule has 0 unspecified atom stereocenters. The molecular formula is C12H10ClNO3S. The number of nitrogens with zero attached hydrogens (tertiary/aromatic N) is 1. The zero-order valence-corrected chi connectivity index (χ0v) is 10.9. The molecule has 1 N–H and O–H groups in total. The summed E-state index contributed by atoms with van der Waals surface area (Å²) in [5.41, 5.74) is 0. The van der Waals surface area contributed by atoms with Crippen LogP contribution in [0.5, 0.6) is 5.75 Å². The molecule has 18 heavy (non-hydrogen) atoms. The minimum Gasteiger partial charge on any atom is -0.493 e. The summed E-state index contributed by atoms with van der Waals surface area (Å²) in [5, 5.41) is 10.2. The van der Waals surface area contributed by atoms with E-state index in [-0.39, 0.29) is 4.88 Å². The summed E-state index contributed by atoms with van der Waals surface area (Å²) in [5.74, 6) is -0.216. The maximum absolute atomic E-state index is 10.7.